The van der Waals surface area contributed by atoms with Crippen molar-refractivity contribution in [3.8, 4) is 11.5 Å². The number of hydrazone groups is 1. The van der Waals surface area contributed by atoms with Crippen molar-refractivity contribution in [1.82, 2.24) is 5.01 Å². The Hall–Kier alpha value is -3.88. The van der Waals surface area contributed by atoms with Crippen molar-refractivity contribution in [3.05, 3.63) is 100 Å². The molecule has 0 saturated heterocycles. The summed E-state index contributed by atoms with van der Waals surface area (Å²) in [5.74, 6) is 0.592. The van der Waals surface area contributed by atoms with Crippen molar-refractivity contribution in [1.29, 1.82) is 5.41 Å². The number of amidine groups is 2. The summed E-state index contributed by atoms with van der Waals surface area (Å²) in [5.41, 5.74) is 2.57. The number of nitrogens with one attached hydrogen (secondary N) is 1. The number of thioether (sulfide) groups is 1. The Morgan fingerprint density at radius 2 is 1.81 bits per heavy atom. The van der Waals surface area contributed by atoms with Crippen LogP contribution in [-0.2, 0) is 11.4 Å². The predicted octanol–water partition coefficient (Wildman–Crippen LogP) is 5.99. The third-order valence-electron chi connectivity index (χ3n) is 5.37. The van der Waals surface area contributed by atoms with Gasteiger partial charge in [0.1, 0.15) is 11.7 Å². The molecule has 180 valence electrons. The van der Waals surface area contributed by atoms with Crippen molar-refractivity contribution >= 4 is 51.4 Å². The van der Waals surface area contributed by atoms with Gasteiger partial charge >= 0.3 is 0 Å². The lowest BCUT2D eigenvalue weighted by atomic mass is 10.1. The molecule has 0 aromatic heterocycles. The van der Waals surface area contributed by atoms with Crippen molar-refractivity contribution in [2.45, 2.75) is 13.5 Å². The van der Waals surface area contributed by atoms with Crippen LogP contribution in [0.15, 0.2) is 88.5 Å². The number of aliphatic imine (C=N–C) groups is 1. The minimum atomic E-state index is -0.503. The molecule has 36 heavy (non-hydrogen) atoms. The molecule has 1 N–H and O–H groups in total. The molecular weight excluding hydrogens is 496 g/mol. The molecule has 2 aliphatic heterocycles. The smallest absolute Gasteiger partial charge is 0.283 e. The van der Waals surface area contributed by atoms with Gasteiger partial charge in [0.25, 0.3) is 5.91 Å². The van der Waals surface area contributed by atoms with Gasteiger partial charge in [0.15, 0.2) is 17.3 Å². The molecule has 3 aromatic rings. The lowest BCUT2D eigenvalue weighted by Crippen LogP contribution is -2.35. The molecule has 0 radical (unpaired) electrons. The van der Waals surface area contributed by atoms with Gasteiger partial charge < -0.3 is 9.47 Å². The fourth-order valence-corrected chi connectivity index (χ4v) is 4.85. The molecule has 0 aliphatic carbocycles. The Bertz CT molecular complexity index is 1440. The lowest BCUT2D eigenvalue weighted by molar-refractivity contribution is -0.114. The second-order valence-corrected chi connectivity index (χ2v) is 9.18. The van der Waals surface area contributed by atoms with Crippen LogP contribution in [0.4, 0.5) is 0 Å². The van der Waals surface area contributed by atoms with E-state index < -0.39 is 5.91 Å². The summed E-state index contributed by atoms with van der Waals surface area (Å²) in [4.78, 5) is 17.0. The number of hydrogen-bond donors (Lipinski definition) is 1. The van der Waals surface area contributed by atoms with Gasteiger partial charge in [-0.1, -0.05) is 66.2 Å². The highest BCUT2D eigenvalue weighted by Crippen LogP contribution is 2.34. The van der Waals surface area contributed by atoms with Crippen LogP contribution in [-0.4, -0.2) is 33.6 Å². The Labute approximate surface area is 217 Å². The Morgan fingerprint density at radius 1 is 1.03 bits per heavy atom. The molecular formula is C27H21ClN4O3S. The number of ether oxygens (including phenoxy) is 2. The Balaban J connectivity index is 1.40. The zero-order valence-electron chi connectivity index (χ0n) is 19.3. The summed E-state index contributed by atoms with van der Waals surface area (Å²) >= 11 is 7.51. The molecule has 0 spiro atoms. The summed E-state index contributed by atoms with van der Waals surface area (Å²) < 4.78 is 11.8. The van der Waals surface area contributed by atoms with E-state index in [1.165, 1.54) is 16.8 Å². The number of carbonyl (C=O) groups excluding carboxylic acids is 1. The zero-order chi connectivity index (χ0) is 25.1. The standard InChI is InChI=1S/C27H21ClN4O3S/c1-2-34-23-15-18(12-13-22(23)35-16-17-8-4-3-5-9-17)14-20-24(29)32-27(30-25(20)33)36-26(31-32)19-10-6-7-11-21(19)28/h3-15,29H,2,16H2,1H3. The lowest BCUT2D eigenvalue weighted by Gasteiger charge is -2.20. The van der Waals surface area contributed by atoms with Crippen LogP contribution < -0.4 is 9.47 Å². The van der Waals surface area contributed by atoms with Gasteiger partial charge in [-0.3, -0.25) is 10.2 Å². The molecule has 3 aromatic carbocycles. The number of carbonyl (C=O) groups is 1. The summed E-state index contributed by atoms with van der Waals surface area (Å²) in [6.07, 6.45) is 1.61. The molecule has 9 heteroatoms. The average Bonchev–Trinajstić information content (AvgIpc) is 3.31. The van der Waals surface area contributed by atoms with E-state index >= 15 is 0 Å². The van der Waals surface area contributed by atoms with Crippen LogP contribution in [0.3, 0.4) is 0 Å². The quantitative estimate of drug-likeness (QED) is 0.390. The monoisotopic (exact) mass is 516 g/mol. The van der Waals surface area contributed by atoms with E-state index in [4.69, 9.17) is 26.5 Å². The maximum Gasteiger partial charge on any atom is 0.283 e. The zero-order valence-corrected chi connectivity index (χ0v) is 20.8. The van der Waals surface area contributed by atoms with E-state index in [0.29, 0.717) is 45.5 Å². The highest BCUT2D eigenvalue weighted by Gasteiger charge is 2.36. The van der Waals surface area contributed by atoms with Crippen LogP contribution in [0.25, 0.3) is 6.08 Å². The molecule has 0 atom stereocenters. The first-order chi connectivity index (χ1) is 17.5. The van der Waals surface area contributed by atoms with Crippen LogP contribution in [0.2, 0.25) is 5.02 Å². The average molecular weight is 517 g/mol. The largest absolute Gasteiger partial charge is 0.490 e. The topological polar surface area (TPSA) is 87.3 Å². The van der Waals surface area contributed by atoms with E-state index in [1.54, 1.807) is 24.3 Å². The van der Waals surface area contributed by atoms with E-state index in [0.717, 1.165) is 11.1 Å². The number of nitrogens with zero attached hydrogens (tertiary/aromatic N) is 3. The minimum Gasteiger partial charge on any atom is -0.490 e. The number of fused-ring (bicyclic) bond motifs is 1. The predicted molar refractivity (Wildman–Crippen MR) is 144 cm³/mol. The molecule has 5 rings (SSSR count). The van der Waals surface area contributed by atoms with Gasteiger partial charge in [-0.05, 0) is 54.1 Å². The maximum atomic E-state index is 12.8. The van der Waals surface area contributed by atoms with Gasteiger partial charge in [0.05, 0.1) is 17.2 Å². The van der Waals surface area contributed by atoms with E-state index in [1.807, 2.05) is 61.5 Å². The highest BCUT2D eigenvalue weighted by molar-refractivity contribution is 8.27. The van der Waals surface area contributed by atoms with Crippen molar-refractivity contribution in [2.75, 3.05) is 6.61 Å². The molecule has 0 unspecified atom stereocenters. The number of halogens is 1. The van der Waals surface area contributed by atoms with Crippen LogP contribution in [0.1, 0.15) is 23.6 Å². The second-order valence-electron chi connectivity index (χ2n) is 7.82. The van der Waals surface area contributed by atoms with Crippen molar-refractivity contribution < 1.29 is 14.3 Å². The maximum absolute atomic E-state index is 12.8. The van der Waals surface area contributed by atoms with Crippen LogP contribution in [0, 0.1) is 5.41 Å². The van der Waals surface area contributed by atoms with Gasteiger partial charge in [0, 0.05) is 5.56 Å². The molecule has 0 bridgehead atoms. The molecule has 0 saturated carbocycles. The molecule has 0 fully saturated rings. The Morgan fingerprint density at radius 3 is 2.58 bits per heavy atom. The number of amides is 1. The van der Waals surface area contributed by atoms with Crippen LogP contribution in [0.5, 0.6) is 11.5 Å². The summed E-state index contributed by atoms with van der Waals surface area (Å²) in [6.45, 7) is 2.75. The second kappa shape index (κ2) is 10.4. The normalized spacial score (nSPS) is 16.1. The first-order valence-corrected chi connectivity index (χ1v) is 12.4. The van der Waals surface area contributed by atoms with Crippen molar-refractivity contribution in [3.63, 3.8) is 0 Å². The number of benzene rings is 3. The first kappa shape index (κ1) is 23.8. The first-order valence-electron chi connectivity index (χ1n) is 11.2. The fraction of sp³-hybridized carbons (Fsp3) is 0.111. The van der Waals surface area contributed by atoms with Crippen LogP contribution >= 0.6 is 23.4 Å². The molecule has 2 heterocycles. The highest BCUT2D eigenvalue weighted by atomic mass is 35.5. The molecule has 7 nitrogen and oxygen atoms in total. The third-order valence-corrected chi connectivity index (χ3v) is 6.65. The van der Waals surface area contributed by atoms with Gasteiger partial charge in [0.2, 0.25) is 5.17 Å². The van der Waals surface area contributed by atoms with Gasteiger partial charge in [-0.25, -0.2) is 0 Å². The van der Waals surface area contributed by atoms with E-state index in [-0.39, 0.29) is 11.4 Å². The van der Waals surface area contributed by atoms with E-state index in [2.05, 4.69) is 10.1 Å². The summed E-state index contributed by atoms with van der Waals surface area (Å²) in [7, 11) is 0. The minimum absolute atomic E-state index is 0.0538. The van der Waals surface area contributed by atoms with Gasteiger partial charge in [-0.2, -0.15) is 15.1 Å². The number of hydrogen-bond acceptors (Lipinski definition) is 6. The summed E-state index contributed by atoms with van der Waals surface area (Å²) in [6, 6.07) is 22.5. The number of rotatable bonds is 7. The van der Waals surface area contributed by atoms with Gasteiger partial charge in [-0.15, -0.1) is 0 Å². The van der Waals surface area contributed by atoms with E-state index in [9.17, 15) is 4.79 Å². The molecule has 2 aliphatic rings. The van der Waals surface area contributed by atoms with Crippen molar-refractivity contribution in [2.24, 2.45) is 10.1 Å². The SMILES string of the molecule is CCOc1cc(C=C2C(=N)N3N=C(c4ccccc4Cl)SC3=NC2=O)ccc1OCc1ccccc1. The third kappa shape index (κ3) is 4.91. The molecule has 1 amide bonds. The Kier molecular flexibility index (Phi) is 6.88. The fourth-order valence-electron chi connectivity index (χ4n) is 3.64. The summed E-state index contributed by atoms with van der Waals surface area (Å²) in [5, 5.41) is 15.9.